The standard InChI is InChI=1S/C17H16F3N5O3/c1-9-23-12(8-27-9)16-24-11-7-10(28-17(18,19)20)3-4-13(11)25(16)14(21)5-6-15(22)26-2/h3-8H,21-22H2,1-2H3/b14-5+,15-6+. The van der Waals surface area contributed by atoms with E-state index in [9.17, 15) is 13.2 Å². The first-order valence-corrected chi connectivity index (χ1v) is 7.86. The van der Waals surface area contributed by atoms with Gasteiger partial charge in [0.15, 0.2) is 17.6 Å². The highest BCUT2D eigenvalue weighted by Crippen LogP contribution is 2.31. The van der Waals surface area contributed by atoms with Crippen LogP contribution < -0.4 is 16.2 Å². The number of fused-ring (bicyclic) bond motifs is 1. The summed E-state index contributed by atoms with van der Waals surface area (Å²) in [5.74, 6) is 0.559. The monoisotopic (exact) mass is 395 g/mol. The number of aromatic nitrogens is 3. The Morgan fingerprint density at radius 1 is 1.21 bits per heavy atom. The van der Waals surface area contributed by atoms with Crippen molar-refractivity contribution in [2.45, 2.75) is 13.3 Å². The van der Waals surface area contributed by atoms with Gasteiger partial charge in [0.25, 0.3) is 0 Å². The van der Waals surface area contributed by atoms with E-state index in [1.54, 1.807) is 6.92 Å². The van der Waals surface area contributed by atoms with Crippen LogP contribution in [0.25, 0.3) is 28.4 Å². The summed E-state index contributed by atoms with van der Waals surface area (Å²) in [5.41, 5.74) is 12.7. The van der Waals surface area contributed by atoms with Crippen molar-refractivity contribution in [3.8, 4) is 17.3 Å². The Balaban J connectivity index is 2.18. The second kappa shape index (κ2) is 7.18. The van der Waals surface area contributed by atoms with Crippen LogP contribution in [0.5, 0.6) is 5.75 Å². The number of methoxy groups -OCH3 is 1. The van der Waals surface area contributed by atoms with Gasteiger partial charge in [-0.25, -0.2) is 9.97 Å². The van der Waals surface area contributed by atoms with Crippen molar-refractivity contribution >= 4 is 16.9 Å². The normalized spacial score (nSPS) is 13.2. The summed E-state index contributed by atoms with van der Waals surface area (Å²) in [5, 5.41) is 0. The van der Waals surface area contributed by atoms with Gasteiger partial charge in [0, 0.05) is 19.1 Å². The molecule has 2 aromatic heterocycles. The van der Waals surface area contributed by atoms with E-state index in [4.69, 9.17) is 20.6 Å². The molecule has 0 spiro atoms. The van der Waals surface area contributed by atoms with Crippen molar-refractivity contribution in [3.63, 3.8) is 0 Å². The molecule has 0 unspecified atom stereocenters. The van der Waals surface area contributed by atoms with E-state index in [1.807, 2.05) is 0 Å². The topological polar surface area (TPSA) is 114 Å². The van der Waals surface area contributed by atoms with E-state index in [0.717, 1.165) is 6.07 Å². The molecule has 2 heterocycles. The number of hydrogen-bond donors (Lipinski definition) is 2. The molecular weight excluding hydrogens is 379 g/mol. The van der Waals surface area contributed by atoms with Crippen molar-refractivity contribution < 1.29 is 27.1 Å². The minimum Gasteiger partial charge on any atom is -0.483 e. The van der Waals surface area contributed by atoms with Gasteiger partial charge in [-0.05, 0) is 18.2 Å². The van der Waals surface area contributed by atoms with Crippen LogP contribution in [0, 0.1) is 6.92 Å². The molecule has 3 aromatic rings. The van der Waals surface area contributed by atoms with E-state index in [1.165, 1.54) is 42.2 Å². The van der Waals surface area contributed by atoms with E-state index < -0.39 is 12.1 Å². The zero-order valence-corrected chi connectivity index (χ0v) is 14.8. The van der Waals surface area contributed by atoms with Gasteiger partial charge in [-0.15, -0.1) is 13.2 Å². The van der Waals surface area contributed by atoms with Gasteiger partial charge in [0.1, 0.15) is 23.5 Å². The van der Waals surface area contributed by atoms with Gasteiger partial charge in [-0.3, -0.25) is 4.57 Å². The number of alkyl halides is 3. The van der Waals surface area contributed by atoms with Crippen molar-refractivity contribution in [1.82, 2.24) is 14.5 Å². The average molecular weight is 395 g/mol. The number of nitrogens with two attached hydrogens (primary N) is 2. The Labute approximate surface area is 156 Å². The second-order valence-corrected chi connectivity index (χ2v) is 5.59. The zero-order chi connectivity index (χ0) is 20.5. The maximum absolute atomic E-state index is 12.5. The minimum absolute atomic E-state index is 0.118. The average Bonchev–Trinajstić information content (AvgIpc) is 3.20. The number of oxazole rings is 1. The van der Waals surface area contributed by atoms with E-state index in [2.05, 4.69) is 14.7 Å². The third-order valence-corrected chi connectivity index (χ3v) is 3.62. The van der Waals surface area contributed by atoms with Crippen molar-refractivity contribution in [2.75, 3.05) is 7.11 Å². The molecule has 0 amide bonds. The number of nitrogens with zero attached hydrogens (tertiary/aromatic N) is 3. The van der Waals surface area contributed by atoms with Crippen LogP contribution >= 0.6 is 0 Å². The maximum Gasteiger partial charge on any atom is 0.573 e. The minimum atomic E-state index is -4.82. The molecule has 4 N–H and O–H groups in total. The summed E-state index contributed by atoms with van der Waals surface area (Å²) in [4.78, 5) is 8.55. The first kappa shape index (κ1) is 19.1. The van der Waals surface area contributed by atoms with E-state index >= 15 is 0 Å². The predicted molar refractivity (Wildman–Crippen MR) is 94.4 cm³/mol. The molecule has 0 bridgehead atoms. The van der Waals surface area contributed by atoms with Crippen LogP contribution in [0.3, 0.4) is 0 Å². The molecule has 0 aliphatic rings. The number of aryl methyl sites for hydroxylation is 1. The van der Waals surface area contributed by atoms with Gasteiger partial charge in [-0.2, -0.15) is 0 Å². The summed E-state index contributed by atoms with van der Waals surface area (Å²) in [6, 6.07) is 3.73. The number of hydrogen-bond acceptors (Lipinski definition) is 7. The number of imidazole rings is 1. The Kier molecular flexibility index (Phi) is 4.91. The lowest BCUT2D eigenvalue weighted by molar-refractivity contribution is -0.274. The molecule has 11 heteroatoms. The molecule has 0 aliphatic heterocycles. The third kappa shape index (κ3) is 4.03. The molecule has 1 aromatic carbocycles. The highest BCUT2D eigenvalue weighted by molar-refractivity contribution is 5.85. The zero-order valence-electron chi connectivity index (χ0n) is 14.8. The molecule has 3 rings (SSSR count). The Hall–Kier alpha value is -3.63. The van der Waals surface area contributed by atoms with Gasteiger partial charge in [0.05, 0.1) is 18.1 Å². The van der Waals surface area contributed by atoms with Crippen LogP contribution in [0.2, 0.25) is 0 Å². The number of rotatable bonds is 5. The summed E-state index contributed by atoms with van der Waals surface area (Å²) in [6.45, 7) is 1.65. The summed E-state index contributed by atoms with van der Waals surface area (Å²) < 4.78 is 53.0. The summed E-state index contributed by atoms with van der Waals surface area (Å²) >= 11 is 0. The highest BCUT2D eigenvalue weighted by Gasteiger charge is 2.31. The first-order valence-electron chi connectivity index (χ1n) is 7.86. The van der Waals surface area contributed by atoms with Gasteiger partial charge >= 0.3 is 6.36 Å². The van der Waals surface area contributed by atoms with Crippen LogP contribution in [0.4, 0.5) is 13.2 Å². The Bertz CT molecular complexity index is 1070. The SMILES string of the molecule is CO/C(N)=C/C=C(\N)n1c(-c2coc(C)n2)nc2cc(OC(F)(F)F)ccc21. The van der Waals surface area contributed by atoms with Crippen LogP contribution in [-0.4, -0.2) is 28.0 Å². The quantitative estimate of drug-likeness (QED) is 0.504. The summed E-state index contributed by atoms with van der Waals surface area (Å²) in [7, 11) is 1.40. The van der Waals surface area contributed by atoms with Gasteiger partial charge < -0.3 is 25.4 Å². The largest absolute Gasteiger partial charge is 0.573 e. The summed E-state index contributed by atoms with van der Waals surface area (Å²) in [6.07, 6.45) is -0.548. The third-order valence-electron chi connectivity index (χ3n) is 3.62. The van der Waals surface area contributed by atoms with Crippen LogP contribution in [0.1, 0.15) is 5.89 Å². The molecule has 28 heavy (non-hydrogen) atoms. The molecule has 8 nitrogen and oxygen atoms in total. The molecular formula is C17H16F3N5O3. The predicted octanol–water partition coefficient (Wildman–Crippen LogP) is 3.10. The Morgan fingerprint density at radius 2 is 1.96 bits per heavy atom. The molecule has 0 fully saturated rings. The smallest absolute Gasteiger partial charge is 0.483 e. The lowest BCUT2D eigenvalue weighted by atomic mass is 10.3. The van der Waals surface area contributed by atoms with Crippen molar-refractivity contribution in [1.29, 1.82) is 0 Å². The van der Waals surface area contributed by atoms with Crippen molar-refractivity contribution in [3.05, 3.63) is 48.4 Å². The number of benzene rings is 1. The van der Waals surface area contributed by atoms with Crippen LogP contribution in [0.15, 0.2) is 46.9 Å². The van der Waals surface area contributed by atoms with Crippen molar-refractivity contribution in [2.24, 2.45) is 11.5 Å². The molecule has 0 radical (unpaired) electrons. The highest BCUT2D eigenvalue weighted by atomic mass is 19.4. The van der Waals surface area contributed by atoms with Gasteiger partial charge in [0.2, 0.25) is 0 Å². The lowest BCUT2D eigenvalue weighted by Gasteiger charge is -2.09. The number of allylic oxidation sites excluding steroid dienone is 2. The van der Waals surface area contributed by atoms with Crippen LogP contribution in [-0.2, 0) is 4.74 Å². The van der Waals surface area contributed by atoms with E-state index in [-0.39, 0.29) is 23.0 Å². The number of ether oxygens (including phenoxy) is 2. The second-order valence-electron chi connectivity index (χ2n) is 5.59. The fraction of sp³-hybridized carbons (Fsp3) is 0.176. The lowest BCUT2D eigenvalue weighted by Crippen LogP contribution is -2.17. The number of halogens is 3. The van der Waals surface area contributed by atoms with Gasteiger partial charge in [-0.1, -0.05) is 0 Å². The Morgan fingerprint density at radius 3 is 2.57 bits per heavy atom. The molecule has 148 valence electrons. The molecule has 0 saturated heterocycles. The fourth-order valence-electron chi connectivity index (χ4n) is 2.47. The maximum atomic E-state index is 12.5. The van der Waals surface area contributed by atoms with E-state index in [0.29, 0.717) is 17.1 Å². The fourth-order valence-corrected chi connectivity index (χ4v) is 2.47. The first-order chi connectivity index (χ1) is 13.2. The molecule has 0 saturated carbocycles. The molecule has 0 aliphatic carbocycles. The molecule has 0 atom stereocenters.